The van der Waals surface area contributed by atoms with Gasteiger partial charge in [0.1, 0.15) is 5.82 Å². The van der Waals surface area contributed by atoms with Crippen LogP contribution in [0.3, 0.4) is 0 Å². The summed E-state index contributed by atoms with van der Waals surface area (Å²) in [5.41, 5.74) is 0.511. The van der Waals surface area contributed by atoms with E-state index in [-0.39, 0.29) is 30.0 Å². The molecule has 1 N–H and O–H groups in total. The van der Waals surface area contributed by atoms with Gasteiger partial charge in [-0.1, -0.05) is 11.6 Å². The quantitative estimate of drug-likeness (QED) is 0.584. The van der Waals surface area contributed by atoms with Crippen LogP contribution in [-0.2, 0) is 6.18 Å². The number of anilines is 1. The molecule has 0 radical (unpaired) electrons. The third-order valence-corrected chi connectivity index (χ3v) is 6.68. The Morgan fingerprint density at radius 1 is 1.03 bits per heavy atom. The number of halogens is 4. The smallest absolute Gasteiger partial charge is 0.390 e. The Morgan fingerprint density at radius 2 is 1.74 bits per heavy atom. The molecule has 2 aliphatic heterocycles. The standard InChI is InChI=1S/C23H22ClF3N6O2/c24-15-5-3-14(4-6-15)21(35)32-10-8-31(9-11-32)17-12-33(13-18(17)34)20-16-2-1-7-28-19(16)29-22(30-20)23(25,26)27/h1-7,17-18,34H,8-13H2/t17-,18-/m1/s1. The summed E-state index contributed by atoms with van der Waals surface area (Å²) in [6, 6.07) is 9.65. The van der Waals surface area contributed by atoms with Crippen molar-refractivity contribution in [3.05, 3.63) is 59.0 Å². The van der Waals surface area contributed by atoms with E-state index < -0.39 is 18.1 Å². The number of carbonyl (C=O) groups is 1. The van der Waals surface area contributed by atoms with E-state index in [4.69, 9.17) is 11.6 Å². The molecule has 1 aromatic carbocycles. The van der Waals surface area contributed by atoms with Gasteiger partial charge in [0.05, 0.1) is 17.5 Å². The van der Waals surface area contributed by atoms with Gasteiger partial charge in [0.25, 0.3) is 5.91 Å². The minimum Gasteiger partial charge on any atom is -0.390 e. The number of pyridine rings is 1. The molecule has 3 aromatic rings. The maximum absolute atomic E-state index is 13.4. The summed E-state index contributed by atoms with van der Waals surface area (Å²) in [7, 11) is 0. The first-order valence-electron chi connectivity index (χ1n) is 11.1. The molecule has 2 aromatic heterocycles. The predicted octanol–water partition coefficient (Wildman–Crippen LogP) is 2.70. The number of fused-ring (bicyclic) bond motifs is 1. The molecule has 5 rings (SSSR count). The normalized spacial score (nSPS) is 21.6. The highest BCUT2D eigenvalue weighted by Gasteiger charge is 2.40. The molecule has 2 fully saturated rings. The Labute approximate surface area is 204 Å². The first-order valence-corrected chi connectivity index (χ1v) is 11.5. The van der Waals surface area contributed by atoms with Gasteiger partial charge < -0.3 is 14.9 Å². The molecule has 1 amide bonds. The molecule has 35 heavy (non-hydrogen) atoms. The van der Waals surface area contributed by atoms with Crippen LogP contribution in [0.1, 0.15) is 16.2 Å². The summed E-state index contributed by atoms with van der Waals surface area (Å²) in [6.45, 7) is 2.45. The van der Waals surface area contributed by atoms with Crippen LogP contribution in [-0.4, -0.2) is 87.2 Å². The highest BCUT2D eigenvalue weighted by atomic mass is 35.5. The molecular weight excluding hydrogens is 485 g/mol. The Hall–Kier alpha value is -3.02. The average molecular weight is 507 g/mol. The van der Waals surface area contributed by atoms with Gasteiger partial charge >= 0.3 is 6.18 Å². The number of aliphatic hydroxyl groups excluding tert-OH is 1. The van der Waals surface area contributed by atoms with Gasteiger partial charge in [0.15, 0.2) is 5.65 Å². The number of carbonyl (C=O) groups excluding carboxylic acids is 1. The second kappa shape index (κ2) is 9.21. The van der Waals surface area contributed by atoms with E-state index in [1.807, 2.05) is 0 Å². The predicted molar refractivity (Wildman–Crippen MR) is 123 cm³/mol. The van der Waals surface area contributed by atoms with E-state index in [1.165, 1.54) is 6.20 Å². The number of benzene rings is 1. The maximum atomic E-state index is 13.4. The molecular formula is C23H22ClF3N6O2. The zero-order valence-electron chi connectivity index (χ0n) is 18.5. The zero-order valence-corrected chi connectivity index (χ0v) is 19.2. The fourth-order valence-corrected chi connectivity index (χ4v) is 4.77. The van der Waals surface area contributed by atoms with Crippen LogP contribution in [0.2, 0.25) is 5.02 Å². The Kier molecular flexibility index (Phi) is 6.24. The van der Waals surface area contributed by atoms with Gasteiger partial charge in [-0.2, -0.15) is 13.2 Å². The van der Waals surface area contributed by atoms with Crippen molar-refractivity contribution in [2.75, 3.05) is 44.2 Å². The van der Waals surface area contributed by atoms with Crippen LogP contribution >= 0.6 is 11.6 Å². The molecule has 2 atom stereocenters. The van der Waals surface area contributed by atoms with Crippen LogP contribution in [0.25, 0.3) is 11.0 Å². The number of β-amino-alcohol motifs (C(OH)–C–C–N with tert-alkyl or cyclic N) is 1. The van der Waals surface area contributed by atoms with E-state index in [0.717, 1.165) is 0 Å². The second-order valence-electron chi connectivity index (χ2n) is 8.62. The minimum absolute atomic E-state index is 0.0444. The number of amides is 1. The number of alkyl halides is 3. The number of rotatable bonds is 3. The Morgan fingerprint density at radius 3 is 2.43 bits per heavy atom. The van der Waals surface area contributed by atoms with Gasteiger partial charge in [-0.05, 0) is 36.4 Å². The van der Waals surface area contributed by atoms with Gasteiger partial charge in [-0.3, -0.25) is 9.69 Å². The number of hydrogen-bond donors (Lipinski definition) is 1. The fraction of sp³-hybridized carbons (Fsp3) is 0.391. The van der Waals surface area contributed by atoms with Crippen molar-refractivity contribution >= 4 is 34.4 Å². The van der Waals surface area contributed by atoms with E-state index in [1.54, 1.807) is 46.2 Å². The summed E-state index contributed by atoms with van der Waals surface area (Å²) < 4.78 is 40.2. The molecule has 12 heteroatoms. The van der Waals surface area contributed by atoms with Crippen LogP contribution in [0.5, 0.6) is 0 Å². The lowest BCUT2D eigenvalue weighted by atomic mass is 10.1. The molecule has 0 bridgehead atoms. The lowest BCUT2D eigenvalue weighted by Crippen LogP contribution is -2.54. The number of aliphatic hydroxyl groups is 1. The number of hydrogen-bond acceptors (Lipinski definition) is 7. The number of piperazine rings is 1. The third-order valence-electron chi connectivity index (χ3n) is 6.42. The van der Waals surface area contributed by atoms with Crippen molar-refractivity contribution in [3.8, 4) is 0 Å². The van der Waals surface area contributed by atoms with Gasteiger partial charge in [0, 0.05) is 56.1 Å². The van der Waals surface area contributed by atoms with Crippen molar-refractivity contribution in [1.82, 2.24) is 24.8 Å². The molecule has 0 spiro atoms. The van der Waals surface area contributed by atoms with Gasteiger partial charge in [-0.15, -0.1) is 0 Å². The van der Waals surface area contributed by atoms with E-state index in [9.17, 15) is 23.1 Å². The monoisotopic (exact) mass is 506 g/mol. The molecule has 184 valence electrons. The summed E-state index contributed by atoms with van der Waals surface area (Å²) in [5, 5.41) is 11.7. The molecule has 8 nitrogen and oxygen atoms in total. The third kappa shape index (κ3) is 4.75. The molecule has 0 saturated carbocycles. The first kappa shape index (κ1) is 23.7. The summed E-state index contributed by atoms with van der Waals surface area (Å²) in [5.74, 6) is -1.24. The lowest BCUT2D eigenvalue weighted by molar-refractivity contribution is -0.144. The lowest BCUT2D eigenvalue weighted by Gasteiger charge is -2.38. The molecule has 0 unspecified atom stereocenters. The Bertz CT molecular complexity index is 1230. The molecule has 4 heterocycles. The molecule has 2 aliphatic rings. The highest BCUT2D eigenvalue weighted by molar-refractivity contribution is 6.30. The topological polar surface area (TPSA) is 85.7 Å². The maximum Gasteiger partial charge on any atom is 0.451 e. The SMILES string of the molecule is O=C(c1ccc(Cl)cc1)N1CCN([C@@H]2CN(c3nc(C(F)(F)F)nc4ncccc34)C[C@H]2O)CC1. The van der Waals surface area contributed by atoms with Crippen molar-refractivity contribution in [3.63, 3.8) is 0 Å². The minimum atomic E-state index is -4.72. The number of aromatic nitrogens is 3. The highest BCUT2D eigenvalue weighted by Crippen LogP contribution is 2.33. The van der Waals surface area contributed by atoms with Gasteiger partial charge in [0.2, 0.25) is 5.82 Å². The zero-order chi connectivity index (χ0) is 24.7. The second-order valence-corrected chi connectivity index (χ2v) is 9.05. The van der Waals surface area contributed by atoms with E-state index in [0.29, 0.717) is 48.7 Å². The molecule has 2 saturated heterocycles. The van der Waals surface area contributed by atoms with Crippen LogP contribution in [0.4, 0.5) is 19.0 Å². The summed E-state index contributed by atoms with van der Waals surface area (Å²) >= 11 is 5.90. The number of nitrogens with zero attached hydrogens (tertiary/aromatic N) is 6. The van der Waals surface area contributed by atoms with Crippen molar-refractivity contribution < 1.29 is 23.1 Å². The summed E-state index contributed by atoms with van der Waals surface area (Å²) in [4.78, 5) is 29.6. The Balaban J connectivity index is 1.30. The average Bonchev–Trinajstić information content (AvgIpc) is 3.24. The van der Waals surface area contributed by atoms with Crippen molar-refractivity contribution in [2.24, 2.45) is 0 Å². The van der Waals surface area contributed by atoms with E-state index >= 15 is 0 Å². The van der Waals surface area contributed by atoms with Gasteiger partial charge in [-0.25, -0.2) is 15.0 Å². The van der Waals surface area contributed by atoms with Crippen molar-refractivity contribution in [2.45, 2.75) is 18.3 Å². The van der Waals surface area contributed by atoms with Crippen LogP contribution in [0, 0.1) is 0 Å². The fourth-order valence-electron chi connectivity index (χ4n) is 4.65. The van der Waals surface area contributed by atoms with Crippen LogP contribution in [0.15, 0.2) is 42.6 Å². The summed E-state index contributed by atoms with van der Waals surface area (Å²) in [6.07, 6.45) is -4.12. The first-order chi connectivity index (χ1) is 16.7. The van der Waals surface area contributed by atoms with Crippen molar-refractivity contribution in [1.29, 1.82) is 0 Å². The van der Waals surface area contributed by atoms with E-state index in [2.05, 4.69) is 19.9 Å². The molecule has 0 aliphatic carbocycles. The van der Waals surface area contributed by atoms with Crippen LogP contribution < -0.4 is 4.90 Å². The largest absolute Gasteiger partial charge is 0.451 e.